The molecule has 1 aromatic carbocycles. The van der Waals surface area contributed by atoms with Crippen molar-refractivity contribution in [2.24, 2.45) is 0 Å². The number of rotatable bonds is 8. The van der Waals surface area contributed by atoms with Crippen molar-refractivity contribution >= 4 is 17.7 Å². The third-order valence-corrected chi connectivity index (χ3v) is 2.53. The van der Waals surface area contributed by atoms with E-state index in [-0.39, 0.29) is 5.91 Å². The van der Waals surface area contributed by atoms with Crippen molar-refractivity contribution in [1.29, 1.82) is 0 Å². The number of nitrogens with two attached hydrogens (primary N) is 1. The van der Waals surface area contributed by atoms with Gasteiger partial charge in [-0.25, -0.2) is 0 Å². The van der Waals surface area contributed by atoms with Crippen LogP contribution in [0.15, 0.2) is 24.3 Å². The van der Waals surface area contributed by atoms with Crippen LogP contribution in [-0.4, -0.2) is 32.8 Å². The molecule has 1 aromatic rings. The first-order valence-electron chi connectivity index (χ1n) is 6.64. The second-order valence-corrected chi connectivity index (χ2v) is 4.26. The molecule has 5 heteroatoms. The molecule has 0 unspecified atom stereocenters. The Morgan fingerprint density at radius 1 is 1.40 bits per heavy atom. The highest BCUT2D eigenvalue weighted by Gasteiger charge is 2.01. The molecule has 0 saturated carbocycles. The molecular weight excluding hydrogens is 256 g/mol. The Hall–Kier alpha value is -2.01. The van der Waals surface area contributed by atoms with Crippen molar-refractivity contribution in [3.05, 3.63) is 29.8 Å². The first-order valence-corrected chi connectivity index (χ1v) is 6.64. The van der Waals surface area contributed by atoms with Crippen molar-refractivity contribution in [1.82, 2.24) is 5.32 Å². The molecule has 0 heterocycles. The average molecular weight is 278 g/mol. The Kier molecular flexibility index (Phi) is 7.21. The van der Waals surface area contributed by atoms with Gasteiger partial charge in [0.05, 0.1) is 18.9 Å². The number of hydrogen-bond donors (Lipinski definition) is 2. The molecule has 0 spiro atoms. The Morgan fingerprint density at radius 2 is 2.20 bits per heavy atom. The Morgan fingerprint density at radius 3 is 2.85 bits per heavy atom. The molecule has 5 nitrogen and oxygen atoms in total. The minimum atomic E-state index is -0.160. The van der Waals surface area contributed by atoms with E-state index in [2.05, 4.69) is 5.32 Å². The monoisotopic (exact) mass is 278 g/mol. The van der Waals surface area contributed by atoms with Crippen LogP contribution in [-0.2, 0) is 9.53 Å². The summed E-state index contributed by atoms with van der Waals surface area (Å²) in [6, 6.07) is 5.46. The summed E-state index contributed by atoms with van der Waals surface area (Å²) in [5.74, 6) is 0.514. The summed E-state index contributed by atoms with van der Waals surface area (Å²) in [6.45, 7) is 3.67. The minimum Gasteiger partial charge on any atom is -0.491 e. The minimum absolute atomic E-state index is 0.160. The highest BCUT2D eigenvalue weighted by molar-refractivity contribution is 5.91. The van der Waals surface area contributed by atoms with E-state index < -0.39 is 0 Å². The number of carbonyl (C=O) groups is 1. The molecule has 0 saturated heterocycles. The number of methoxy groups -OCH3 is 1. The molecule has 0 bridgehead atoms. The van der Waals surface area contributed by atoms with Gasteiger partial charge in [0.15, 0.2) is 0 Å². The number of nitrogens with one attached hydrogen (secondary N) is 1. The number of nitrogen functional groups attached to an aromatic ring is 1. The van der Waals surface area contributed by atoms with Crippen LogP contribution < -0.4 is 15.8 Å². The van der Waals surface area contributed by atoms with Crippen molar-refractivity contribution < 1.29 is 14.3 Å². The summed E-state index contributed by atoms with van der Waals surface area (Å²) in [4.78, 5) is 11.5. The molecule has 20 heavy (non-hydrogen) atoms. The van der Waals surface area contributed by atoms with Gasteiger partial charge in [0.1, 0.15) is 5.75 Å². The van der Waals surface area contributed by atoms with Crippen LogP contribution in [0.25, 0.3) is 6.08 Å². The van der Waals surface area contributed by atoms with E-state index in [1.54, 1.807) is 19.3 Å². The predicted molar refractivity (Wildman–Crippen MR) is 80.6 cm³/mol. The maximum Gasteiger partial charge on any atom is 0.244 e. The Labute approximate surface area is 119 Å². The van der Waals surface area contributed by atoms with Crippen LogP contribution in [0.2, 0.25) is 0 Å². The van der Waals surface area contributed by atoms with Crippen LogP contribution in [0.3, 0.4) is 0 Å². The molecule has 0 aliphatic carbocycles. The van der Waals surface area contributed by atoms with E-state index in [1.807, 2.05) is 19.1 Å². The largest absolute Gasteiger partial charge is 0.491 e. The lowest BCUT2D eigenvalue weighted by Crippen LogP contribution is -2.24. The second-order valence-electron chi connectivity index (χ2n) is 4.26. The number of hydrogen-bond acceptors (Lipinski definition) is 4. The average Bonchev–Trinajstić information content (AvgIpc) is 2.44. The third-order valence-electron chi connectivity index (χ3n) is 2.53. The molecule has 0 aliphatic heterocycles. The van der Waals surface area contributed by atoms with E-state index >= 15 is 0 Å². The fourth-order valence-corrected chi connectivity index (χ4v) is 1.52. The fraction of sp³-hybridized carbons (Fsp3) is 0.400. The summed E-state index contributed by atoms with van der Waals surface area (Å²) in [7, 11) is 1.59. The zero-order valence-corrected chi connectivity index (χ0v) is 12.0. The zero-order valence-electron chi connectivity index (χ0n) is 12.0. The number of ether oxygens (including phenoxy) is 2. The van der Waals surface area contributed by atoms with E-state index in [0.29, 0.717) is 31.2 Å². The summed E-state index contributed by atoms with van der Waals surface area (Å²) in [5.41, 5.74) is 7.32. The fourth-order valence-electron chi connectivity index (χ4n) is 1.52. The summed E-state index contributed by atoms with van der Waals surface area (Å²) < 4.78 is 10.3. The number of amides is 1. The summed E-state index contributed by atoms with van der Waals surface area (Å²) in [6.07, 6.45) is 4.11. The highest BCUT2D eigenvalue weighted by atomic mass is 16.5. The number of anilines is 1. The van der Waals surface area contributed by atoms with Crippen molar-refractivity contribution in [3.63, 3.8) is 0 Å². The van der Waals surface area contributed by atoms with Gasteiger partial charge < -0.3 is 20.5 Å². The van der Waals surface area contributed by atoms with Gasteiger partial charge in [-0.3, -0.25) is 4.79 Å². The van der Waals surface area contributed by atoms with E-state index in [4.69, 9.17) is 15.2 Å². The van der Waals surface area contributed by atoms with Crippen molar-refractivity contribution in [2.75, 3.05) is 32.6 Å². The number of carbonyl (C=O) groups excluding carboxylic acids is 1. The molecule has 0 atom stereocenters. The summed E-state index contributed by atoms with van der Waals surface area (Å²) in [5, 5.41) is 2.70. The molecule has 3 N–H and O–H groups in total. The number of benzene rings is 1. The van der Waals surface area contributed by atoms with Crippen LogP contribution in [0, 0.1) is 0 Å². The van der Waals surface area contributed by atoms with Gasteiger partial charge in [0.2, 0.25) is 5.91 Å². The SMILES string of the molecule is CCCOc1ccc(/C=C\C(=O)NCCOC)cc1N. The van der Waals surface area contributed by atoms with Gasteiger partial charge in [-0.05, 0) is 30.2 Å². The maximum absolute atomic E-state index is 11.5. The van der Waals surface area contributed by atoms with Crippen molar-refractivity contribution in [3.8, 4) is 5.75 Å². The van der Waals surface area contributed by atoms with Gasteiger partial charge in [-0.15, -0.1) is 0 Å². The second kappa shape index (κ2) is 8.98. The molecule has 0 radical (unpaired) electrons. The first kappa shape index (κ1) is 16.0. The van der Waals surface area contributed by atoms with E-state index in [9.17, 15) is 4.79 Å². The van der Waals surface area contributed by atoms with E-state index in [0.717, 1.165) is 12.0 Å². The van der Waals surface area contributed by atoms with Gasteiger partial charge in [0.25, 0.3) is 0 Å². The van der Waals surface area contributed by atoms with Crippen LogP contribution in [0.4, 0.5) is 5.69 Å². The molecule has 0 fully saturated rings. The molecule has 0 aliphatic rings. The Bertz CT molecular complexity index is 458. The van der Waals surface area contributed by atoms with Crippen LogP contribution in [0.1, 0.15) is 18.9 Å². The quantitative estimate of drug-likeness (QED) is 0.432. The summed E-state index contributed by atoms with van der Waals surface area (Å²) >= 11 is 0. The van der Waals surface area contributed by atoms with Gasteiger partial charge in [0, 0.05) is 19.7 Å². The van der Waals surface area contributed by atoms with E-state index in [1.165, 1.54) is 6.08 Å². The van der Waals surface area contributed by atoms with Crippen LogP contribution in [0.5, 0.6) is 5.75 Å². The first-order chi connectivity index (χ1) is 9.67. The van der Waals surface area contributed by atoms with Crippen LogP contribution >= 0.6 is 0 Å². The van der Waals surface area contributed by atoms with Crippen molar-refractivity contribution in [2.45, 2.75) is 13.3 Å². The topological polar surface area (TPSA) is 73.6 Å². The standard InChI is InChI=1S/C15H22N2O3/c1-3-9-20-14-6-4-12(11-13(14)16)5-7-15(18)17-8-10-19-2/h4-7,11H,3,8-10,16H2,1-2H3,(H,17,18)/b7-5-. The van der Waals surface area contributed by atoms with Gasteiger partial charge in [-0.1, -0.05) is 13.0 Å². The lowest BCUT2D eigenvalue weighted by Gasteiger charge is -2.08. The maximum atomic E-state index is 11.5. The normalized spacial score (nSPS) is 10.7. The van der Waals surface area contributed by atoms with Gasteiger partial charge >= 0.3 is 0 Å². The van der Waals surface area contributed by atoms with Gasteiger partial charge in [-0.2, -0.15) is 0 Å². The molecule has 1 amide bonds. The lowest BCUT2D eigenvalue weighted by molar-refractivity contribution is -0.116. The predicted octanol–water partition coefficient (Wildman–Crippen LogP) is 1.83. The Balaban J connectivity index is 2.55. The molecular formula is C15H22N2O3. The molecule has 110 valence electrons. The highest BCUT2D eigenvalue weighted by Crippen LogP contribution is 2.23. The zero-order chi connectivity index (χ0) is 14.8. The smallest absolute Gasteiger partial charge is 0.244 e. The lowest BCUT2D eigenvalue weighted by atomic mass is 10.1. The third kappa shape index (κ3) is 5.75. The molecule has 0 aromatic heterocycles. The molecule has 1 rings (SSSR count).